The van der Waals surface area contributed by atoms with Crippen LogP contribution in [-0.2, 0) is 12.8 Å². The Balaban J connectivity index is 2.13. The maximum atomic E-state index is 13.6. The molecule has 21 heavy (non-hydrogen) atoms. The van der Waals surface area contributed by atoms with Crippen molar-refractivity contribution in [2.45, 2.75) is 12.8 Å². The Bertz CT molecular complexity index is 658. The third-order valence-electron chi connectivity index (χ3n) is 2.74. The Hall–Kier alpha value is -1.76. The van der Waals surface area contributed by atoms with E-state index >= 15 is 0 Å². The van der Waals surface area contributed by atoms with Gasteiger partial charge in [0.1, 0.15) is 18.2 Å². The van der Waals surface area contributed by atoms with Crippen molar-refractivity contribution in [2.24, 2.45) is 0 Å². The Morgan fingerprint density at radius 3 is 2.38 bits per heavy atom. The highest BCUT2D eigenvalue weighted by molar-refractivity contribution is 9.10. The molecule has 0 aliphatic heterocycles. The Morgan fingerprint density at radius 1 is 1.10 bits per heavy atom. The van der Waals surface area contributed by atoms with Crippen molar-refractivity contribution in [3.05, 3.63) is 57.8 Å². The zero-order valence-corrected chi connectivity index (χ0v) is 12.1. The molecule has 0 aliphatic carbocycles. The van der Waals surface area contributed by atoms with Gasteiger partial charge >= 0.3 is 6.18 Å². The lowest BCUT2D eigenvalue weighted by molar-refractivity contribution is -0.137. The number of hydrogen-bond donors (Lipinski definition) is 1. The zero-order valence-electron chi connectivity index (χ0n) is 10.5. The maximum Gasteiger partial charge on any atom is 0.416 e. The first-order valence-electron chi connectivity index (χ1n) is 5.81. The molecule has 112 valence electrons. The first-order chi connectivity index (χ1) is 9.77. The molecule has 0 aromatic heterocycles. The van der Waals surface area contributed by atoms with Gasteiger partial charge in [0.05, 0.1) is 11.3 Å². The third kappa shape index (κ3) is 3.87. The van der Waals surface area contributed by atoms with Crippen LogP contribution in [0.5, 0.6) is 5.75 Å². The number of hydrogen-bond acceptors (Lipinski definition) is 2. The summed E-state index contributed by atoms with van der Waals surface area (Å²) in [5, 5.41) is 0. The van der Waals surface area contributed by atoms with E-state index in [1.807, 2.05) is 0 Å². The van der Waals surface area contributed by atoms with Gasteiger partial charge in [-0.15, -0.1) is 0 Å². The minimum Gasteiger partial charge on any atom is -0.487 e. The van der Waals surface area contributed by atoms with E-state index in [2.05, 4.69) is 15.9 Å². The predicted molar refractivity (Wildman–Crippen MR) is 74.3 cm³/mol. The summed E-state index contributed by atoms with van der Waals surface area (Å²) >= 11 is 3.12. The first-order valence-corrected chi connectivity index (χ1v) is 6.60. The summed E-state index contributed by atoms with van der Waals surface area (Å²) in [7, 11) is 0. The average Bonchev–Trinajstić information content (AvgIpc) is 2.38. The minimum atomic E-state index is -4.47. The van der Waals surface area contributed by atoms with E-state index in [0.717, 1.165) is 18.2 Å². The highest BCUT2D eigenvalue weighted by atomic mass is 79.9. The van der Waals surface area contributed by atoms with Crippen LogP contribution < -0.4 is 10.5 Å². The Labute approximate surface area is 126 Å². The zero-order chi connectivity index (χ0) is 15.6. The van der Waals surface area contributed by atoms with Crippen LogP contribution in [-0.4, -0.2) is 0 Å². The van der Waals surface area contributed by atoms with Crippen molar-refractivity contribution in [1.82, 2.24) is 0 Å². The van der Waals surface area contributed by atoms with E-state index in [-0.39, 0.29) is 23.6 Å². The van der Waals surface area contributed by atoms with Crippen molar-refractivity contribution in [3.8, 4) is 5.75 Å². The summed E-state index contributed by atoms with van der Waals surface area (Å²) < 4.78 is 56.9. The minimum absolute atomic E-state index is 0.0744. The summed E-state index contributed by atoms with van der Waals surface area (Å²) in [6.45, 7) is -0.130. The standard InChI is InChI=1S/C14H10BrF4NO/c15-10-3-1-8(11(16)6-10)7-21-13-4-2-9(5-12(13)20)14(17,18)19/h1-6H,7,20H2. The van der Waals surface area contributed by atoms with Gasteiger partial charge in [-0.3, -0.25) is 0 Å². The molecular formula is C14H10BrF4NO. The summed E-state index contributed by atoms with van der Waals surface area (Å²) in [5.74, 6) is -0.403. The molecule has 2 rings (SSSR count). The van der Waals surface area contributed by atoms with Crippen LogP contribution in [0.2, 0.25) is 0 Å². The van der Waals surface area contributed by atoms with Gasteiger partial charge in [0.25, 0.3) is 0 Å². The molecular weight excluding hydrogens is 354 g/mol. The van der Waals surface area contributed by atoms with Gasteiger partial charge < -0.3 is 10.5 Å². The summed E-state index contributed by atoms with van der Waals surface area (Å²) in [6.07, 6.45) is -4.47. The van der Waals surface area contributed by atoms with E-state index in [1.54, 1.807) is 6.07 Å². The molecule has 0 heterocycles. The number of nitrogen functional groups attached to an aromatic ring is 1. The van der Waals surface area contributed by atoms with Crippen LogP contribution in [0.1, 0.15) is 11.1 Å². The van der Waals surface area contributed by atoms with Crippen LogP contribution in [0, 0.1) is 5.82 Å². The number of halogens is 5. The van der Waals surface area contributed by atoms with Gasteiger partial charge in [-0.25, -0.2) is 4.39 Å². The molecule has 0 saturated carbocycles. The fourth-order valence-corrected chi connectivity index (χ4v) is 1.98. The summed E-state index contributed by atoms with van der Waals surface area (Å²) in [4.78, 5) is 0. The van der Waals surface area contributed by atoms with E-state index in [0.29, 0.717) is 4.47 Å². The summed E-state index contributed by atoms with van der Waals surface area (Å²) in [6, 6.07) is 7.19. The fourth-order valence-electron chi connectivity index (χ4n) is 1.65. The lowest BCUT2D eigenvalue weighted by Gasteiger charge is -2.12. The van der Waals surface area contributed by atoms with Crippen molar-refractivity contribution < 1.29 is 22.3 Å². The molecule has 2 aromatic rings. The number of anilines is 1. The summed E-state index contributed by atoms with van der Waals surface area (Å²) in [5.41, 5.74) is 4.78. The van der Waals surface area contributed by atoms with Gasteiger partial charge in [0.2, 0.25) is 0 Å². The van der Waals surface area contributed by atoms with Gasteiger partial charge in [-0.1, -0.05) is 22.0 Å². The molecule has 0 amide bonds. The van der Waals surface area contributed by atoms with E-state index < -0.39 is 17.6 Å². The lowest BCUT2D eigenvalue weighted by atomic mass is 10.2. The number of rotatable bonds is 3. The normalized spacial score (nSPS) is 11.5. The fraction of sp³-hybridized carbons (Fsp3) is 0.143. The van der Waals surface area contributed by atoms with Crippen LogP contribution >= 0.6 is 15.9 Å². The smallest absolute Gasteiger partial charge is 0.416 e. The molecule has 0 radical (unpaired) electrons. The second-order valence-corrected chi connectivity index (χ2v) is 5.19. The Kier molecular flexibility index (Phi) is 4.41. The van der Waals surface area contributed by atoms with Crippen molar-refractivity contribution in [3.63, 3.8) is 0 Å². The molecule has 7 heteroatoms. The van der Waals surface area contributed by atoms with Crippen LogP contribution in [0.3, 0.4) is 0 Å². The van der Waals surface area contributed by atoms with Crippen LogP contribution in [0.4, 0.5) is 23.2 Å². The lowest BCUT2D eigenvalue weighted by Crippen LogP contribution is -2.07. The molecule has 0 saturated heterocycles. The molecule has 2 aromatic carbocycles. The number of nitrogens with two attached hydrogens (primary N) is 1. The topological polar surface area (TPSA) is 35.2 Å². The highest BCUT2D eigenvalue weighted by Gasteiger charge is 2.30. The van der Waals surface area contributed by atoms with E-state index in [9.17, 15) is 17.6 Å². The van der Waals surface area contributed by atoms with Crippen LogP contribution in [0.15, 0.2) is 40.9 Å². The van der Waals surface area contributed by atoms with E-state index in [4.69, 9.17) is 10.5 Å². The van der Waals surface area contributed by atoms with Crippen molar-refractivity contribution in [1.29, 1.82) is 0 Å². The van der Waals surface area contributed by atoms with Crippen molar-refractivity contribution in [2.75, 3.05) is 5.73 Å². The van der Waals surface area contributed by atoms with Gasteiger partial charge in [-0.05, 0) is 30.3 Å². The first kappa shape index (κ1) is 15.6. The quantitative estimate of drug-likeness (QED) is 0.629. The van der Waals surface area contributed by atoms with Gasteiger partial charge in [0.15, 0.2) is 0 Å². The molecule has 0 unspecified atom stereocenters. The predicted octanol–water partition coefficient (Wildman–Crippen LogP) is 4.77. The van der Waals surface area contributed by atoms with E-state index in [1.165, 1.54) is 12.1 Å². The van der Waals surface area contributed by atoms with Gasteiger partial charge in [0, 0.05) is 10.0 Å². The number of ether oxygens (including phenoxy) is 1. The number of benzene rings is 2. The highest BCUT2D eigenvalue weighted by Crippen LogP contribution is 2.34. The Morgan fingerprint density at radius 2 is 1.81 bits per heavy atom. The molecule has 0 spiro atoms. The number of alkyl halides is 3. The molecule has 0 bridgehead atoms. The molecule has 0 aliphatic rings. The molecule has 2 N–H and O–H groups in total. The largest absolute Gasteiger partial charge is 0.487 e. The molecule has 2 nitrogen and oxygen atoms in total. The van der Waals surface area contributed by atoms with Crippen LogP contribution in [0.25, 0.3) is 0 Å². The monoisotopic (exact) mass is 363 g/mol. The van der Waals surface area contributed by atoms with Crippen molar-refractivity contribution >= 4 is 21.6 Å². The second kappa shape index (κ2) is 5.93. The maximum absolute atomic E-state index is 13.6. The average molecular weight is 364 g/mol. The van der Waals surface area contributed by atoms with Gasteiger partial charge in [-0.2, -0.15) is 13.2 Å². The third-order valence-corrected chi connectivity index (χ3v) is 3.23. The second-order valence-electron chi connectivity index (χ2n) is 4.27. The molecule has 0 fully saturated rings. The SMILES string of the molecule is Nc1cc(C(F)(F)F)ccc1OCc1ccc(Br)cc1F. The molecule has 0 atom stereocenters.